The van der Waals surface area contributed by atoms with Crippen molar-refractivity contribution in [2.75, 3.05) is 36.6 Å². The van der Waals surface area contributed by atoms with Gasteiger partial charge in [-0.1, -0.05) is 0 Å². The second-order valence-electron chi connectivity index (χ2n) is 3.99. The normalized spacial score (nSPS) is 10.6. The van der Waals surface area contributed by atoms with Gasteiger partial charge in [0.15, 0.2) is 0 Å². The number of hydrogen-bond acceptors (Lipinski definition) is 9. The third-order valence-corrected chi connectivity index (χ3v) is 2.10. The Bertz CT molecular complexity index is 384. The Hall–Kier alpha value is -1.71. The molecule has 0 fully saturated rings. The van der Waals surface area contributed by atoms with E-state index in [1.807, 2.05) is 13.8 Å². The third-order valence-electron chi connectivity index (χ3n) is 2.10. The third kappa shape index (κ3) is 4.81. The summed E-state index contributed by atoms with van der Waals surface area (Å²) in [5.74, 6) is 5.72. The van der Waals surface area contributed by atoms with Crippen LogP contribution in [0.4, 0.5) is 11.9 Å². The van der Waals surface area contributed by atoms with Gasteiger partial charge in [-0.3, -0.25) is 5.43 Å². The van der Waals surface area contributed by atoms with Crippen LogP contribution in [0.1, 0.15) is 13.8 Å². The monoisotopic (exact) mass is 272 g/mol. The maximum atomic E-state index is 9.00. The van der Waals surface area contributed by atoms with E-state index in [0.29, 0.717) is 0 Å². The van der Waals surface area contributed by atoms with E-state index in [1.165, 1.54) is 0 Å². The van der Waals surface area contributed by atoms with E-state index in [9.17, 15) is 0 Å². The van der Waals surface area contributed by atoms with Crippen molar-refractivity contribution in [3.63, 3.8) is 0 Å². The molecule has 1 heterocycles. The molecule has 9 nitrogen and oxygen atoms in total. The standard InChI is InChI=1S/C10H20N6O3/c1-7(2)19-10-13-8(15-11)12-9(14-10)16(3-5-17)4-6-18/h7,17-18H,3-6,11H2,1-2H3,(H,12,13,14,15). The van der Waals surface area contributed by atoms with Gasteiger partial charge in [0.25, 0.3) is 0 Å². The summed E-state index contributed by atoms with van der Waals surface area (Å²) in [6.45, 7) is 4.09. The largest absolute Gasteiger partial charge is 0.461 e. The SMILES string of the molecule is CC(C)Oc1nc(NN)nc(N(CCO)CCO)n1. The summed E-state index contributed by atoms with van der Waals surface area (Å²) in [5.41, 5.74) is 2.33. The maximum Gasteiger partial charge on any atom is 0.323 e. The summed E-state index contributed by atoms with van der Waals surface area (Å²) < 4.78 is 5.39. The number of nitrogens with one attached hydrogen (secondary N) is 1. The Balaban J connectivity index is 3.02. The van der Waals surface area contributed by atoms with Crippen LogP contribution in [0.2, 0.25) is 0 Å². The number of nitrogens with two attached hydrogens (primary N) is 1. The number of aromatic nitrogens is 3. The van der Waals surface area contributed by atoms with E-state index >= 15 is 0 Å². The lowest BCUT2D eigenvalue weighted by atomic mass is 10.5. The van der Waals surface area contributed by atoms with Crippen molar-refractivity contribution in [2.45, 2.75) is 20.0 Å². The van der Waals surface area contributed by atoms with Gasteiger partial charge in [0, 0.05) is 13.1 Å². The van der Waals surface area contributed by atoms with Crippen LogP contribution in [-0.2, 0) is 0 Å². The van der Waals surface area contributed by atoms with Crippen molar-refractivity contribution in [3.8, 4) is 6.01 Å². The van der Waals surface area contributed by atoms with Crippen LogP contribution in [0.25, 0.3) is 0 Å². The summed E-state index contributed by atoms with van der Waals surface area (Å²) in [6, 6.07) is 0.133. The zero-order valence-electron chi connectivity index (χ0n) is 11.1. The van der Waals surface area contributed by atoms with Crippen LogP contribution in [0, 0.1) is 0 Å². The maximum absolute atomic E-state index is 9.00. The Morgan fingerprint density at radius 1 is 1.21 bits per heavy atom. The van der Waals surface area contributed by atoms with Crippen LogP contribution in [-0.4, -0.2) is 57.6 Å². The predicted molar refractivity (Wildman–Crippen MR) is 69.8 cm³/mol. The number of rotatable bonds is 8. The van der Waals surface area contributed by atoms with E-state index in [1.54, 1.807) is 4.90 Å². The van der Waals surface area contributed by atoms with E-state index in [4.69, 9.17) is 20.8 Å². The molecule has 1 aromatic rings. The summed E-state index contributed by atoms with van der Waals surface area (Å²) in [4.78, 5) is 13.8. The van der Waals surface area contributed by atoms with Crippen LogP contribution < -0.4 is 20.9 Å². The van der Waals surface area contributed by atoms with Crippen molar-refractivity contribution >= 4 is 11.9 Å². The predicted octanol–water partition coefficient (Wildman–Crippen LogP) is -1.26. The highest BCUT2D eigenvalue weighted by Gasteiger charge is 2.14. The van der Waals surface area contributed by atoms with Crippen LogP contribution in [0.5, 0.6) is 6.01 Å². The number of aliphatic hydroxyl groups is 2. The van der Waals surface area contributed by atoms with Gasteiger partial charge in [0.1, 0.15) is 0 Å². The Morgan fingerprint density at radius 2 is 1.84 bits per heavy atom. The fraction of sp³-hybridized carbons (Fsp3) is 0.700. The second-order valence-corrected chi connectivity index (χ2v) is 3.99. The summed E-state index contributed by atoms with van der Waals surface area (Å²) in [5, 5.41) is 18.0. The number of hydrogen-bond donors (Lipinski definition) is 4. The first-order valence-corrected chi connectivity index (χ1v) is 5.96. The molecule has 0 saturated carbocycles. The smallest absolute Gasteiger partial charge is 0.323 e. The zero-order valence-corrected chi connectivity index (χ0v) is 11.1. The molecular weight excluding hydrogens is 252 g/mol. The number of nitrogens with zero attached hydrogens (tertiary/aromatic N) is 4. The summed E-state index contributed by atoms with van der Waals surface area (Å²) >= 11 is 0. The fourth-order valence-electron chi connectivity index (χ4n) is 1.37. The highest BCUT2D eigenvalue weighted by atomic mass is 16.5. The van der Waals surface area contributed by atoms with Gasteiger partial charge >= 0.3 is 6.01 Å². The van der Waals surface area contributed by atoms with Crippen LogP contribution in [0.3, 0.4) is 0 Å². The van der Waals surface area contributed by atoms with Crippen molar-refractivity contribution in [1.82, 2.24) is 15.0 Å². The quantitative estimate of drug-likeness (QED) is 0.338. The van der Waals surface area contributed by atoms with Gasteiger partial charge in [-0.2, -0.15) is 15.0 Å². The average molecular weight is 272 g/mol. The zero-order chi connectivity index (χ0) is 14.3. The average Bonchev–Trinajstić information content (AvgIpc) is 2.37. The fourth-order valence-corrected chi connectivity index (χ4v) is 1.37. The highest BCUT2D eigenvalue weighted by Crippen LogP contribution is 2.15. The molecular formula is C10H20N6O3. The number of anilines is 2. The molecule has 0 aliphatic rings. The van der Waals surface area contributed by atoms with Gasteiger partial charge < -0.3 is 19.8 Å². The molecule has 108 valence electrons. The van der Waals surface area contributed by atoms with E-state index in [-0.39, 0.29) is 50.3 Å². The molecule has 0 aromatic carbocycles. The number of ether oxygens (including phenoxy) is 1. The molecule has 0 aliphatic carbocycles. The minimum atomic E-state index is -0.0926. The van der Waals surface area contributed by atoms with E-state index in [2.05, 4.69) is 20.4 Å². The van der Waals surface area contributed by atoms with Crippen molar-refractivity contribution < 1.29 is 14.9 Å². The van der Waals surface area contributed by atoms with Crippen molar-refractivity contribution in [1.29, 1.82) is 0 Å². The molecule has 0 atom stereocenters. The lowest BCUT2D eigenvalue weighted by molar-refractivity contribution is 0.221. The van der Waals surface area contributed by atoms with Crippen molar-refractivity contribution in [3.05, 3.63) is 0 Å². The molecule has 19 heavy (non-hydrogen) atoms. The molecule has 0 saturated heterocycles. The van der Waals surface area contributed by atoms with Gasteiger partial charge in [0.05, 0.1) is 19.3 Å². The second kappa shape index (κ2) is 7.67. The topological polar surface area (TPSA) is 130 Å². The summed E-state index contributed by atoms with van der Waals surface area (Å²) in [7, 11) is 0. The molecule has 0 spiro atoms. The first kappa shape index (κ1) is 15.3. The van der Waals surface area contributed by atoms with Crippen LogP contribution >= 0.6 is 0 Å². The van der Waals surface area contributed by atoms with E-state index < -0.39 is 0 Å². The lowest BCUT2D eigenvalue weighted by Gasteiger charge is -2.21. The van der Waals surface area contributed by atoms with Crippen LogP contribution in [0.15, 0.2) is 0 Å². The van der Waals surface area contributed by atoms with Gasteiger partial charge in [-0.05, 0) is 13.8 Å². The minimum Gasteiger partial charge on any atom is -0.461 e. The lowest BCUT2D eigenvalue weighted by Crippen LogP contribution is -2.32. The first-order valence-electron chi connectivity index (χ1n) is 5.96. The van der Waals surface area contributed by atoms with E-state index in [0.717, 1.165) is 0 Å². The Morgan fingerprint density at radius 3 is 2.32 bits per heavy atom. The molecule has 0 amide bonds. The Kier molecular flexibility index (Phi) is 6.19. The number of hydrazine groups is 1. The molecule has 0 radical (unpaired) electrons. The molecule has 5 N–H and O–H groups in total. The Labute approximate surface area is 111 Å². The summed E-state index contributed by atoms with van der Waals surface area (Å²) in [6.07, 6.45) is -0.0926. The number of aliphatic hydroxyl groups excluding tert-OH is 2. The highest BCUT2D eigenvalue weighted by molar-refractivity contribution is 5.37. The number of nitrogen functional groups attached to an aromatic ring is 1. The molecule has 0 aliphatic heterocycles. The molecule has 1 aromatic heterocycles. The molecule has 9 heteroatoms. The molecule has 0 bridgehead atoms. The minimum absolute atomic E-state index is 0.0859. The molecule has 1 rings (SSSR count). The first-order chi connectivity index (χ1) is 9.10. The van der Waals surface area contributed by atoms with Crippen molar-refractivity contribution in [2.24, 2.45) is 5.84 Å². The molecule has 0 unspecified atom stereocenters. The van der Waals surface area contributed by atoms with Gasteiger partial charge in [-0.25, -0.2) is 5.84 Å². The van der Waals surface area contributed by atoms with Gasteiger partial charge in [0.2, 0.25) is 11.9 Å². The van der Waals surface area contributed by atoms with Gasteiger partial charge in [-0.15, -0.1) is 0 Å².